The van der Waals surface area contributed by atoms with E-state index in [1.165, 1.54) is 5.56 Å². The second kappa shape index (κ2) is 3.98. The van der Waals surface area contributed by atoms with Gasteiger partial charge in [0.2, 0.25) is 0 Å². The van der Waals surface area contributed by atoms with Crippen LogP contribution in [-0.2, 0) is 5.75 Å². The Morgan fingerprint density at radius 2 is 2.36 bits per heavy atom. The molecule has 0 spiro atoms. The standard InChI is InChI=1S/C8H10ClNS/c1-6-3-4-10-8(9)7(6)5-11-2/h3-4H,5H2,1-2H3. The lowest BCUT2D eigenvalue weighted by Gasteiger charge is -2.03. The van der Waals surface area contributed by atoms with Crippen molar-refractivity contribution in [3.05, 3.63) is 28.5 Å². The van der Waals surface area contributed by atoms with Gasteiger partial charge in [0.15, 0.2) is 0 Å². The summed E-state index contributed by atoms with van der Waals surface area (Å²) in [5.41, 5.74) is 2.38. The van der Waals surface area contributed by atoms with Gasteiger partial charge >= 0.3 is 0 Å². The molecule has 1 heterocycles. The molecule has 0 fully saturated rings. The fourth-order valence-corrected chi connectivity index (χ4v) is 1.88. The van der Waals surface area contributed by atoms with Crippen molar-refractivity contribution in [2.24, 2.45) is 0 Å². The van der Waals surface area contributed by atoms with Crippen LogP contribution >= 0.6 is 23.4 Å². The minimum atomic E-state index is 0.638. The Bertz CT molecular complexity index is 230. The lowest BCUT2D eigenvalue weighted by atomic mass is 10.2. The zero-order valence-electron chi connectivity index (χ0n) is 6.60. The van der Waals surface area contributed by atoms with E-state index in [1.807, 2.05) is 6.07 Å². The molecule has 1 aromatic rings. The van der Waals surface area contributed by atoms with E-state index in [2.05, 4.69) is 18.2 Å². The number of rotatable bonds is 2. The van der Waals surface area contributed by atoms with E-state index in [-0.39, 0.29) is 0 Å². The first-order valence-corrected chi connectivity index (χ1v) is 5.12. The van der Waals surface area contributed by atoms with Crippen LogP contribution in [0, 0.1) is 6.92 Å². The predicted octanol–water partition coefficient (Wildman–Crippen LogP) is 2.91. The van der Waals surface area contributed by atoms with Crippen LogP contribution in [0.25, 0.3) is 0 Å². The van der Waals surface area contributed by atoms with Crippen LogP contribution < -0.4 is 0 Å². The van der Waals surface area contributed by atoms with Gasteiger partial charge in [-0.15, -0.1) is 0 Å². The summed E-state index contributed by atoms with van der Waals surface area (Å²) in [7, 11) is 0. The predicted molar refractivity (Wildman–Crippen MR) is 51.2 cm³/mol. The molecule has 0 aliphatic carbocycles. The Morgan fingerprint density at radius 3 is 2.91 bits per heavy atom. The Labute approximate surface area is 76.2 Å². The van der Waals surface area contributed by atoms with Crippen LogP contribution in [0.15, 0.2) is 12.3 Å². The zero-order chi connectivity index (χ0) is 8.27. The van der Waals surface area contributed by atoms with E-state index in [9.17, 15) is 0 Å². The number of aryl methyl sites for hydroxylation is 1. The van der Waals surface area contributed by atoms with Crippen molar-refractivity contribution in [3.8, 4) is 0 Å². The topological polar surface area (TPSA) is 12.9 Å². The third kappa shape index (κ3) is 2.11. The first kappa shape index (κ1) is 8.88. The van der Waals surface area contributed by atoms with E-state index >= 15 is 0 Å². The fourth-order valence-electron chi connectivity index (χ4n) is 0.873. The average Bonchev–Trinajstić information content (AvgIpc) is 1.97. The molecular weight excluding hydrogens is 178 g/mol. The molecule has 0 aliphatic heterocycles. The van der Waals surface area contributed by atoms with E-state index < -0.39 is 0 Å². The molecule has 0 bridgehead atoms. The van der Waals surface area contributed by atoms with Crippen molar-refractivity contribution in [1.82, 2.24) is 4.98 Å². The molecule has 1 rings (SSSR count). The van der Waals surface area contributed by atoms with Crippen molar-refractivity contribution >= 4 is 23.4 Å². The first-order valence-electron chi connectivity index (χ1n) is 3.34. The summed E-state index contributed by atoms with van der Waals surface area (Å²) in [6.07, 6.45) is 3.80. The first-order chi connectivity index (χ1) is 5.25. The molecule has 0 saturated carbocycles. The second-order valence-corrected chi connectivity index (χ2v) is 3.55. The summed E-state index contributed by atoms with van der Waals surface area (Å²) in [6.45, 7) is 2.05. The minimum absolute atomic E-state index is 0.638. The molecule has 0 N–H and O–H groups in total. The number of hydrogen-bond acceptors (Lipinski definition) is 2. The Kier molecular flexibility index (Phi) is 3.21. The Balaban J connectivity index is 3.00. The summed E-state index contributed by atoms with van der Waals surface area (Å²) < 4.78 is 0. The van der Waals surface area contributed by atoms with Gasteiger partial charge in [-0.05, 0) is 24.8 Å². The Morgan fingerprint density at radius 1 is 1.64 bits per heavy atom. The third-order valence-corrected chi connectivity index (χ3v) is 2.43. The van der Waals surface area contributed by atoms with Crippen molar-refractivity contribution in [1.29, 1.82) is 0 Å². The maximum atomic E-state index is 5.88. The monoisotopic (exact) mass is 187 g/mol. The maximum Gasteiger partial charge on any atom is 0.133 e. The zero-order valence-corrected chi connectivity index (χ0v) is 8.17. The van der Waals surface area contributed by atoms with E-state index in [0.717, 1.165) is 11.3 Å². The van der Waals surface area contributed by atoms with Gasteiger partial charge in [-0.2, -0.15) is 11.8 Å². The molecule has 0 aliphatic rings. The number of pyridine rings is 1. The van der Waals surface area contributed by atoms with Gasteiger partial charge in [-0.1, -0.05) is 11.6 Å². The highest BCUT2D eigenvalue weighted by Crippen LogP contribution is 2.20. The number of halogens is 1. The molecule has 3 heteroatoms. The molecule has 1 nitrogen and oxygen atoms in total. The summed E-state index contributed by atoms with van der Waals surface area (Å²) >= 11 is 7.64. The number of thioether (sulfide) groups is 1. The maximum absolute atomic E-state index is 5.88. The van der Waals surface area contributed by atoms with Gasteiger partial charge in [-0.3, -0.25) is 0 Å². The summed E-state index contributed by atoms with van der Waals surface area (Å²) in [4.78, 5) is 4.01. The molecule has 11 heavy (non-hydrogen) atoms. The highest BCUT2D eigenvalue weighted by molar-refractivity contribution is 7.97. The highest BCUT2D eigenvalue weighted by Gasteiger charge is 2.02. The highest BCUT2D eigenvalue weighted by atomic mass is 35.5. The summed E-state index contributed by atoms with van der Waals surface area (Å²) in [6, 6.07) is 1.98. The molecule has 0 atom stereocenters. The van der Waals surface area contributed by atoms with Gasteiger partial charge in [0.1, 0.15) is 5.15 Å². The SMILES string of the molecule is CSCc1c(C)ccnc1Cl. The van der Waals surface area contributed by atoms with Crippen molar-refractivity contribution in [2.45, 2.75) is 12.7 Å². The van der Waals surface area contributed by atoms with Gasteiger partial charge < -0.3 is 0 Å². The van der Waals surface area contributed by atoms with Crippen molar-refractivity contribution in [2.75, 3.05) is 6.26 Å². The summed E-state index contributed by atoms with van der Waals surface area (Å²) in [5, 5.41) is 0.638. The molecule has 0 unspecified atom stereocenters. The quantitative estimate of drug-likeness (QED) is 0.661. The van der Waals surface area contributed by atoms with Crippen molar-refractivity contribution < 1.29 is 0 Å². The molecule has 0 saturated heterocycles. The van der Waals surface area contributed by atoms with Crippen LogP contribution in [-0.4, -0.2) is 11.2 Å². The molecule has 0 aromatic carbocycles. The second-order valence-electron chi connectivity index (χ2n) is 2.33. The Hall–Kier alpha value is -0.210. The molecule has 0 radical (unpaired) electrons. The fraction of sp³-hybridized carbons (Fsp3) is 0.375. The minimum Gasteiger partial charge on any atom is -0.244 e. The van der Waals surface area contributed by atoms with Gasteiger partial charge in [-0.25, -0.2) is 4.98 Å². The van der Waals surface area contributed by atoms with Crippen LogP contribution in [0.3, 0.4) is 0 Å². The molecule has 0 amide bonds. The molecule has 1 aromatic heterocycles. The summed E-state index contributed by atoms with van der Waals surface area (Å²) in [5.74, 6) is 0.943. The largest absolute Gasteiger partial charge is 0.244 e. The average molecular weight is 188 g/mol. The molecule has 60 valence electrons. The van der Waals surface area contributed by atoms with E-state index in [4.69, 9.17) is 11.6 Å². The number of aromatic nitrogens is 1. The van der Waals surface area contributed by atoms with Gasteiger partial charge in [0.25, 0.3) is 0 Å². The van der Waals surface area contributed by atoms with Crippen LogP contribution in [0.1, 0.15) is 11.1 Å². The lowest BCUT2D eigenvalue weighted by Crippen LogP contribution is -1.89. The van der Waals surface area contributed by atoms with Gasteiger partial charge in [0.05, 0.1) is 0 Å². The third-order valence-electron chi connectivity index (χ3n) is 1.53. The lowest BCUT2D eigenvalue weighted by molar-refractivity contribution is 1.20. The van der Waals surface area contributed by atoms with Crippen molar-refractivity contribution in [3.63, 3.8) is 0 Å². The molecular formula is C8H10ClNS. The smallest absolute Gasteiger partial charge is 0.133 e. The number of hydrogen-bond donors (Lipinski definition) is 0. The van der Waals surface area contributed by atoms with Gasteiger partial charge in [0, 0.05) is 17.5 Å². The van der Waals surface area contributed by atoms with Crippen LogP contribution in [0.2, 0.25) is 5.15 Å². The number of nitrogens with zero attached hydrogens (tertiary/aromatic N) is 1. The van der Waals surface area contributed by atoms with Crippen LogP contribution in [0.4, 0.5) is 0 Å². The van der Waals surface area contributed by atoms with E-state index in [1.54, 1.807) is 18.0 Å². The van der Waals surface area contributed by atoms with E-state index in [0.29, 0.717) is 5.15 Å². The van der Waals surface area contributed by atoms with Crippen LogP contribution in [0.5, 0.6) is 0 Å². The normalized spacial score (nSPS) is 10.1.